The highest BCUT2D eigenvalue weighted by atomic mass is 35.5. The van der Waals surface area contributed by atoms with E-state index in [9.17, 15) is 4.79 Å². The highest BCUT2D eigenvalue weighted by molar-refractivity contribution is 7.19. The Morgan fingerprint density at radius 1 is 1.12 bits per heavy atom. The Hall–Kier alpha value is -1.21. The number of benzene rings is 1. The number of nitrogens with one attached hydrogen (secondary N) is 1. The number of nitrogens with zero attached hydrogens (tertiary/aromatic N) is 3. The number of anilines is 2. The van der Waals surface area contributed by atoms with Gasteiger partial charge in [-0.3, -0.25) is 5.32 Å². The summed E-state index contributed by atoms with van der Waals surface area (Å²) in [5.41, 5.74) is 1.01. The second-order valence-electron chi connectivity index (χ2n) is 5.33. The first-order valence-corrected chi connectivity index (χ1v) is 9.35. The van der Waals surface area contributed by atoms with Gasteiger partial charge in [0.05, 0.1) is 16.2 Å². The maximum absolute atomic E-state index is 12.4. The number of hydrogen-bond donors (Lipinski definition) is 1. The van der Waals surface area contributed by atoms with Gasteiger partial charge in [0.1, 0.15) is 4.34 Å². The van der Waals surface area contributed by atoms with Gasteiger partial charge in [-0.25, -0.2) is 9.78 Å². The van der Waals surface area contributed by atoms with Crippen molar-refractivity contribution in [1.29, 1.82) is 0 Å². The van der Waals surface area contributed by atoms with Crippen LogP contribution in [0.1, 0.15) is 6.42 Å². The maximum Gasteiger partial charge on any atom is 0.323 e. The minimum absolute atomic E-state index is 0.156. The quantitative estimate of drug-likeness (QED) is 0.777. The van der Waals surface area contributed by atoms with Crippen LogP contribution in [0.2, 0.25) is 14.4 Å². The number of hydrogen-bond acceptors (Lipinski definition) is 4. The summed E-state index contributed by atoms with van der Waals surface area (Å²) >= 11 is 19.1. The molecule has 1 aromatic carbocycles. The summed E-state index contributed by atoms with van der Waals surface area (Å²) in [6.45, 7) is 2.88. The molecule has 1 N–H and O–H groups in total. The van der Waals surface area contributed by atoms with Crippen LogP contribution >= 0.6 is 46.1 Å². The molecule has 1 aliphatic rings. The number of halogens is 3. The summed E-state index contributed by atoms with van der Waals surface area (Å²) in [5, 5.41) is 4.37. The van der Waals surface area contributed by atoms with Gasteiger partial charge in [-0.15, -0.1) is 0 Å². The molecule has 2 amide bonds. The zero-order valence-electron chi connectivity index (χ0n) is 12.6. The first kappa shape index (κ1) is 17.6. The lowest BCUT2D eigenvalue weighted by Crippen LogP contribution is -2.38. The van der Waals surface area contributed by atoms with E-state index in [0.29, 0.717) is 32.6 Å². The fourth-order valence-electron chi connectivity index (χ4n) is 2.54. The Bertz CT molecular complexity index is 739. The summed E-state index contributed by atoms with van der Waals surface area (Å²) in [6, 6.07) is 5.44. The van der Waals surface area contributed by atoms with Gasteiger partial charge in [0.2, 0.25) is 0 Å². The van der Waals surface area contributed by atoms with Crippen molar-refractivity contribution in [3.63, 3.8) is 0 Å². The van der Waals surface area contributed by atoms with E-state index in [1.165, 1.54) is 17.5 Å². The molecular weight excluding hydrogens is 391 g/mol. The fraction of sp³-hybridized carbons (Fsp3) is 0.333. The van der Waals surface area contributed by atoms with E-state index in [1.54, 1.807) is 11.0 Å². The zero-order chi connectivity index (χ0) is 17.1. The van der Waals surface area contributed by atoms with E-state index < -0.39 is 0 Å². The average Bonchev–Trinajstić information content (AvgIpc) is 2.82. The molecule has 24 heavy (non-hydrogen) atoms. The van der Waals surface area contributed by atoms with Gasteiger partial charge >= 0.3 is 6.03 Å². The average molecular weight is 406 g/mol. The van der Waals surface area contributed by atoms with E-state index in [-0.39, 0.29) is 6.03 Å². The Morgan fingerprint density at radius 2 is 1.96 bits per heavy atom. The molecule has 0 spiro atoms. The topological polar surface area (TPSA) is 48.5 Å². The fourth-order valence-corrected chi connectivity index (χ4v) is 3.64. The molecule has 1 fully saturated rings. The van der Waals surface area contributed by atoms with Gasteiger partial charge in [0.15, 0.2) is 5.13 Å². The Kier molecular flexibility index (Phi) is 5.71. The lowest BCUT2D eigenvalue weighted by molar-refractivity contribution is 0.215. The molecule has 1 aromatic heterocycles. The van der Waals surface area contributed by atoms with Crippen LogP contribution in [0.3, 0.4) is 0 Å². The minimum atomic E-state index is -0.156. The molecule has 1 saturated heterocycles. The Balaban J connectivity index is 1.62. The van der Waals surface area contributed by atoms with Crippen LogP contribution in [-0.4, -0.2) is 42.1 Å². The highest BCUT2D eigenvalue weighted by Crippen LogP contribution is 2.28. The van der Waals surface area contributed by atoms with Gasteiger partial charge in [0.25, 0.3) is 0 Å². The van der Waals surface area contributed by atoms with Gasteiger partial charge in [-0.1, -0.05) is 46.1 Å². The molecular formula is C15H15Cl3N4OS. The standard InChI is InChI=1S/C15H15Cl3N4OS/c16-11-3-2-10(8-12(11)17)21-4-1-5-22(7-6-21)15(23)20-14-19-9-13(18)24-14/h2-3,8-9H,1,4-7H2,(H,19,20,23). The van der Waals surface area contributed by atoms with E-state index in [2.05, 4.69) is 15.2 Å². The lowest BCUT2D eigenvalue weighted by Gasteiger charge is -2.24. The second-order valence-corrected chi connectivity index (χ2v) is 7.80. The molecule has 9 heteroatoms. The number of thiazole rings is 1. The van der Waals surface area contributed by atoms with E-state index in [1.807, 2.05) is 12.1 Å². The van der Waals surface area contributed by atoms with Crippen molar-refractivity contribution in [2.24, 2.45) is 0 Å². The summed E-state index contributed by atoms with van der Waals surface area (Å²) < 4.78 is 0.548. The SMILES string of the molecule is O=C(Nc1ncc(Cl)s1)N1CCCN(c2ccc(Cl)c(Cl)c2)CC1. The highest BCUT2D eigenvalue weighted by Gasteiger charge is 2.20. The van der Waals surface area contributed by atoms with E-state index in [4.69, 9.17) is 34.8 Å². The molecule has 1 aliphatic heterocycles. The molecule has 0 unspecified atom stereocenters. The van der Waals surface area contributed by atoms with Crippen molar-refractivity contribution in [3.8, 4) is 0 Å². The van der Waals surface area contributed by atoms with Gasteiger partial charge in [-0.2, -0.15) is 0 Å². The maximum atomic E-state index is 12.4. The third kappa shape index (κ3) is 4.25. The monoisotopic (exact) mass is 404 g/mol. The number of amides is 2. The molecule has 128 valence electrons. The minimum Gasteiger partial charge on any atom is -0.370 e. The van der Waals surface area contributed by atoms with E-state index in [0.717, 1.165) is 25.2 Å². The van der Waals surface area contributed by atoms with Crippen LogP contribution in [-0.2, 0) is 0 Å². The molecule has 5 nitrogen and oxygen atoms in total. The smallest absolute Gasteiger partial charge is 0.323 e. The summed E-state index contributed by atoms with van der Waals surface area (Å²) in [4.78, 5) is 20.4. The number of rotatable bonds is 2. The van der Waals surface area contributed by atoms with Crippen LogP contribution < -0.4 is 10.2 Å². The van der Waals surface area contributed by atoms with Gasteiger partial charge in [0, 0.05) is 31.9 Å². The normalized spacial score (nSPS) is 15.3. The third-order valence-corrected chi connectivity index (χ3v) is 5.51. The van der Waals surface area contributed by atoms with Crippen molar-refractivity contribution in [2.45, 2.75) is 6.42 Å². The molecule has 0 saturated carbocycles. The van der Waals surface area contributed by atoms with Crippen LogP contribution in [0.5, 0.6) is 0 Å². The first-order valence-electron chi connectivity index (χ1n) is 7.40. The van der Waals surface area contributed by atoms with E-state index >= 15 is 0 Å². The number of carbonyl (C=O) groups is 1. The third-order valence-electron chi connectivity index (χ3n) is 3.74. The summed E-state index contributed by atoms with van der Waals surface area (Å²) in [5.74, 6) is 0. The molecule has 3 rings (SSSR count). The zero-order valence-corrected chi connectivity index (χ0v) is 15.7. The summed E-state index contributed by atoms with van der Waals surface area (Å²) in [6.07, 6.45) is 2.39. The lowest BCUT2D eigenvalue weighted by atomic mass is 10.2. The molecule has 0 radical (unpaired) electrons. The Labute approximate surface area is 159 Å². The predicted molar refractivity (Wildman–Crippen MR) is 101 cm³/mol. The second kappa shape index (κ2) is 7.78. The summed E-state index contributed by atoms with van der Waals surface area (Å²) in [7, 11) is 0. The van der Waals surface area contributed by atoms with Crippen molar-refractivity contribution < 1.29 is 4.79 Å². The molecule has 2 aromatic rings. The van der Waals surface area contributed by atoms with Crippen molar-refractivity contribution in [1.82, 2.24) is 9.88 Å². The number of urea groups is 1. The van der Waals surface area contributed by atoms with Crippen LogP contribution in [0.4, 0.5) is 15.6 Å². The predicted octanol–water partition coefficient (Wildman–Crippen LogP) is 4.85. The van der Waals surface area contributed by atoms with Crippen molar-refractivity contribution in [2.75, 3.05) is 36.4 Å². The van der Waals surface area contributed by atoms with Crippen LogP contribution in [0, 0.1) is 0 Å². The Morgan fingerprint density at radius 3 is 2.67 bits per heavy atom. The number of carbonyl (C=O) groups excluding carboxylic acids is 1. The molecule has 0 bridgehead atoms. The molecule has 2 heterocycles. The molecule has 0 aliphatic carbocycles. The van der Waals surface area contributed by atoms with Gasteiger partial charge in [-0.05, 0) is 24.6 Å². The number of aromatic nitrogens is 1. The largest absolute Gasteiger partial charge is 0.370 e. The molecule has 0 atom stereocenters. The van der Waals surface area contributed by atoms with Gasteiger partial charge < -0.3 is 9.80 Å². The van der Waals surface area contributed by atoms with Crippen molar-refractivity contribution in [3.05, 3.63) is 38.8 Å². The van der Waals surface area contributed by atoms with Crippen LogP contribution in [0.15, 0.2) is 24.4 Å². The van der Waals surface area contributed by atoms with Crippen LogP contribution in [0.25, 0.3) is 0 Å². The first-order chi connectivity index (χ1) is 11.5. The van der Waals surface area contributed by atoms with Crippen molar-refractivity contribution >= 4 is 63.0 Å².